The quantitative estimate of drug-likeness (QED) is 0.203. The fourth-order valence-corrected chi connectivity index (χ4v) is 6.56. The summed E-state index contributed by atoms with van der Waals surface area (Å²) in [5.74, 6) is 2.28. The van der Waals surface area contributed by atoms with Gasteiger partial charge in [-0.1, -0.05) is 114 Å². The van der Waals surface area contributed by atoms with Crippen LogP contribution in [-0.4, -0.2) is 24.1 Å². The van der Waals surface area contributed by atoms with E-state index in [-0.39, 0.29) is 10.8 Å². The van der Waals surface area contributed by atoms with Crippen LogP contribution in [0.3, 0.4) is 0 Å². The van der Waals surface area contributed by atoms with Crippen molar-refractivity contribution in [2.45, 2.75) is 52.4 Å². The molecule has 0 aliphatic carbocycles. The maximum absolute atomic E-state index is 5.14. The molecule has 5 aromatic carbocycles. The first-order chi connectivity index (χ1) is 22.1. The maximum atomic E-state index is 5.14. The highest BCUT2D eigenvalue weighted by Crippen LogP contribution is 2.37. The minimum atomic E-state index is -0.238. The van der Waals surface area contributed by atoms with Crippen molar-refractivity contribution in [3.05, 3.63) is 127 Å². The molecule has 5 heteroatoms. The van der Waals surface area contributed by atoms with E-state index in [0.717, 1.165) is 50.7 Å². The molecule has 0 unspecified atom stereocenters. The van der Waals surface area contributed by atoms with Crippen LogP contribution >= 0.6 is 0 Å². The summed E-state index contributed by atoms with van der Waals surface area (Å²) in [6.07, 6.45) is 0. The van der Waals surface area contributed by atoms with Crippen molar-refractivity contribution >= 4 is 43.6 Å². The Morgan fingerprint density at radius 1 is 0.413 bits per heavy atom. The molecule has 5 nitrogen and oxygen atoms in total. The van der Waals surface area contributed by atoms with Crippen molar-refractivity contribution in [1.82, 2.24) is 24.1 Å². The van der Waals surface area contributed by atoms with E-state index < -0.39 is 0 Å². The minimum absolute atomic E-state index is 0.238. The second-order valence-electron chi connectivity index (χ2n) is 14.3. The van der Waals surface area contributed by atoms with Gasteiger partial charge in [-0.15, -0.1) is 0 Å². The molecule has 46 heavy (non-hydrogen) atoms. The Morgan fingerprint density at radius 3 is 1.07 bits per heavy atom. The topological polar surface area (TPSA) is 48.5 Å². The van der Waals surface area contributed by atoms with E-state index in [4.69, 9.17) is 15.0 Å². The van der Waals surface area contributed by atoms with E-state index in [1.807, 2.05) is 0 Å². The molecule has 0 N–H and O–H groups in total. The Bertz CT molecular complexity index is 2180. The SMILES string of the molecule is CC(C)(C)c1nc(-c2cc(-n3c4ccccc4c4ccccc43)cc(-n3c4ccccc4c4ccccc43)c2)nc(C(C)(C)C)n1. The standard InChI is InChI=1S/C41H37N5/c1-40(2,3)38-42-37(43-39(44-38)41(4,5)6)26-23-27(45-33-19-11-7-15-29(33)30-16-8-12-20-34(30)45)25-28(24-26)46-35-21-13-9-17-31(35)32-18-10-14-22-36(32)46/h7-25H,1-6H3. The fraction of sp³-hybridized carbons (Fsp3) is 0.195. The van der Waals surface area contributed by atoms with Gasteiger partial charge in [0, 0.05) is 49.3 Å². The third kappa shape index (κ3) is 4.49. The number of para-hydroxylation sites is 4. The number of hydrogen-bond donors (Lipinski definition) is 0. The third-order valence-electron chi connectivity index (χ3n) is 8.81. The Labute approximate surface area is 269 Å². The van der Waals surface area contributed by atoms with Crippen LogP contribution in [0.2, 0.25) is 0 Å². The van der Waals surface area contributed by atoms with Crippen molar-refractivity contribution in [1.29, 1.82) is 0 Å². The van der Waals surface area contributed by atoms with Gasteiger partial charge in [-0.2, -0.15) is 0 Å². The highest BCUT2D eigenvalue weighted by Gasteiger charge is 2.26. The summed E-state index contributed by atoms with van der Waals surface area (Å²) >= 11 is 0. The Balaban J connectivity index is 1.50. The second-order valence-corrected chi connectivity index (χ2v) is 14.3. The molecule has 0 fully saturated rings. The predicted molar refractivity (Wildman–Crippen MR) is 191 cm³/mol. The molecule has 0 aliphatic rings. The van der Waals surface area contributed by atoms with E-state index in [0.29, 0.717) is 5.82 Å². The van der Waals surface area contributed by atoms with Gasteiger partial charge in [0.05, 0.1) is 22.1 Å². The Morgan fingerprint density at radius 2 is 0.739 bits per heavy atom. The van der Waals surface area contributed by atoms with Gasteiger partial charge in [0.1, 0.15) is 11.6 Å². The normalized spacial score (nSPS) is 12.6. The van der Waals surface area contributed by atoms with Gasteiger partial charge < -0.3 is 9.13 Å². The molecule has 0 saturated carbocycles. The van der Waals surface area contributed by atoms with E-state index in [2.05, 4.69) is 166 Å². The zero-order chi connectivity index (χ0) is 31.8. The molecule has 0 bridgehead atoms. The summed E-state index contributed by atoms with van der Waals surface area (Å²) in [7, 11) is 0. The summed E-state index contributed by atoms with van der Waals surface area (Å²) in [4.78, 5) is 15.3. The van der Waals surface area contributed by atoms with Crippen LogP contribution in [-0.2, 0) is 10.8 Å². The van der Waals surface area contributed by atoms with E-state index in [1.165, 1.54) is 21.5 Å². The predicted octanol–water partition coefficient (Wildman–Crippen LogP) is 10.3. The molecule has 0 aliphatic heterocycles. The zero-order valence-electron chi connectivity index (χ0n) is 27.2. The molecular weight excluding hydrogens is 562 g/mol. The first kappa shape index (κ1) is 28.2. The van der Waals surface area contributed by atoms with Gasteiger partial charge in [-0.05, 0) is 42.5 Å². The van der Waals surface area contributed by atoms with Crippen LogP contribution in [0.5, 0.6) is 0 Å². The van der Waals surface area contributed by atoms with Crippen LogP contribution in [0.15, 0.2) is 115 Å². The molecule has 0 saturated heterocycles. The molecule has 0 atom stereocenters. The van der Waals surface area contributed by atoms with E-state index in [9.17, 15) is 0 Å². The van der Waals surface area contributed by atoms with Gasteiger partial charge in [0.2, 0.25) is 0 Å². The number of rotatable bonds is 3. The fourth-order valence-electron chi connectivity index (χ4n) is 6.56. The van der Waals surface area contributed by atoms with Gasteiger partial charge in [0.15, 0.2) is 5.82 Å². The molecule has 8 aromatic rings. The smallest absolute Gasteiger partial charge is 0.163 e. The van der Waals surface area contributed by atoms with Gasteiger partial charge in [-0.3, -0.25) is 0 Å². The van der Waals surface area contributed by atoms with Crippen LogP contribution in [0.4, 0.5) is 0 Å². The molecular formula is C41H37N5. The van der Waals surface area contributed by atoms with Crippen LogP contribution in [0.25, 0.3) is 66.4 Å². The lowest BCUT2D eigenvalue weighted by Gasteiger charge is -2.23. The summed E-state index contributed by atoms with van der Waals surface area (Å²) in [5.41, 5.74) is 7.24. The lowest BCUT2D eigenvalue weighted by atomic mass is 9.93. The zero-order valence-corrected chi connectivity index (χ0v) is 27.2. The Kier molecular flexibility index (Phi) is 6.20. The van der Waals surface area contributed by atoms with Crippen LogP contribution < -0.4 is 0 Å². The number of benzene rings is 5. The molecule has 0 spiro atoms. The largest absolute Gasteiger partial charge is 0.309 e. The minimum Gasteiger partial charge on any atom is -0.309 e. The monoisotopic (exact) mass is 599 g/mol. The Hall–Kier alpha value is -5.29. The number of fused-ring (bicyclic) bond motifs is 6. The average Bonchev–Trinajstić information content (AvgIpc) is 3.57. The first-order valence-corrected chi connectivity index (χ1v) is 16.0. The third-order valence-corrected chi connectivity index (χ3v) is 8.81. The summed E-state index contributed by atoms with van der Waals surface area (Å²) in [6, 6.07) is 41.4. The average molecular weight is 600 g/mol. The maximum Gasteiger partial charge on any atom is 0.163 e. The second kappa shape index (κ2) is 10.1. The van der Waals surface area contributed by atoms with Crippen molar-refractivity contribution in [2.75, 3.05) is 0 Å². The van der Waals surface area contributed by atoms with Crippen molar-refractivity contribution in [3.63, 3.8) is 0 Å². The van der Waals surface area contributed by atoms with Gasteiger partial charge in [0.25, 0.3) is 0 Å². The lowest BCUT2D eigenvalue weighted by Crippen LogP contribution is -2.24. The molecule has 0 radical (unpaired) electrons. The highest BCUT2D eigenvalue weighted by molar-refractivity contribution is 6.10. The van der Waals surface area contributed by atoms with Gasteiger partial charge >= 0.3 is 0 Å². The molecule has 0 amide bonds. The summed E-state index contributed by atoms with van der Waals surface area (Å²) < 4.78 is 4.75. The van der Waals surface area contributed by atoms with E-state index >= 15 is 0 Å². The summed E-state index contributed by atoms with van der Waals surface area (Å²) in [6.45, 7) is 13.0. The van der Waals surface area contributed by atoms with E-state index in [1.54, 1.807) is 0 Å². The molecule has 3 heterocycles. The highest BCUT2D eigenvalue weighted by atomic mass is 15.1. The van der Waals surface area contributed by atoms with Gasteiger partial charge in [-0.25, -0.2) is 15.0 Å². The number of nitrogens with zero attached hydrogens (tertiary/aromatic N) is 5. The lowest BCUT2D eigenvalue weighted by molar-refractivity contribution is 0.497. The van der Waals surface area contributed by atoms with Crippen molar-refractivity contribution in [2.24, 2.45) is 0 Å². The summed E-state index contributed by atoms with van der Waals surface area (Å²) in [5, 5.41) is 4.92. The number of aromatic nitrogens is 5. The van der Waals surface area contributed by atoms with Crippen LogP contribution in [0.1, 0.15) is 53.2 Å². The molecule has 8 rings (SSSR count). The molecule has 3 aromatic heterocycles. The van der Waals surface area contributed by atoms with Crippen molar-refractivity contribution in [3.8, 4) is 22.8 Å². The first-order valence-electron chi connectivity index (χ1n) is 16.0. The van der Waals surface area contributed by atoms with Crippen molar-refractivity contribution < 1.29 is 0 Å². The number of hydrogen-bond acceptors (Lipinski definition) is 3. The molecule has 226 valence electrons. The van der Waals surface area contributed by atoms with Crippen LogP contribution in [0, 0.1) is 0 Å².